The largest absolute Gasteiger partial charge is 0.497 e. The van der Waals surface area contributed by atoms with Crippen LogP contribution in [0.3, 0.4) is 0 Å². The number of benzene rings is 2. The molecule has 0 N–H and O–H groups in total. The molecule has 166 valence electrons. The Balaban J connectivity index is 1.76. The lowest BCUT2D eigenvalue weighted by Gasteiger charge is -2.37. The predicted molar refractivity (Wildman–Crippen MR) is 118 cm³/mol. The maximum absolute atomic E-state index is 13.6. The fourth-order valence-electron chi connectivity index (χ4n) is 4.43. The summed E-state index contributed by atoms with van der Waals surface area (Å²) in [5.41, 5.74) is 0.745. The van der Waals surface area contributed by atoms with Gasteiger partial charge >= 0.3 is 6.03 Å². The molecule has 2 aliphatic rings. The molecule has 4 rings (SSSR count). The summed E-state index contributed by atoms with van der Waals surface area (Å²) in [6.45, 7) is 3.58. The van der Waals surface area contributed by atoms with Crippen LogP contribution >= 0.6 is 0 Å². The van der Waals surface area contributed by atoms with Crippen molar-refractivity contribution >= 4 is 16.1 Å². The van der Waals surface area contributed by atoms with E-state index in [1.807, 2.05) is 24.0 Å². The number of nitrogens with zero attached hydrogens (tertiary/aromatic N) is 3. The molecule has 2 fully saturated rings. The number of hydrogen-bond donors (Lipinski definition) is 0. The van der Waals surface area contributed by atoms with Gasteiger partial charge in [0.05, 0.1) is 12.0 Å². The van der Waals surface area contributed by atoms with E-state index in [9.17, 15) is 13.2 Å². The molecule has 8 heteroatoms. The van der Waals surface area contributed by atoms with E-state index in [0.717, 1.165) is 24.8 Å². The number of hydrogen-bond acceptors (Lipinski definition) is 4. The lowest BCUT2D eigenvalue weighted by molar-refractivity contribution is 0.116. The summed E-state index contributed by atoms with van der Waals surface area (Å²) in [5.74, 6) is 0.682. The van der Waals surface area contributed by atoms with Gasteiger partial charge in [0.1, 0.15) is 11.9 Å². The van der Waals surface area contributed by atoms with Gasteiger partial charge in [0.25, 0.3) is 0 Å². The number of ether oxygens (including phenoxy) is 1. The topological polar surface area (TPSA) is 70.2 Å². The molecule has 2 aromatic rings. The summed E-state index contributed by atoms with van der Waals surface area (Å²) in [7, 11) is -2.20. The molecule has 2 unspecified atom stereocenters. The molecular formula is C23H29N3O4S. The second kappa shape index (κ2) is 8.88. The van der Waals surface area contributed by atoms with Gasteiger partial charge in [-0.1, -0.05) is 30.3 Å². The minimum atomic E-state index is -3.79. The Labute approximate surface area is 184 Å². The SMILES string of the molecule is COc1ccc(C2N(C(=O)N3CCCCC3)C(C)CN2S(=O)(=O)c2ccccc2)cc1. The number of urea groups is 1. The summed E-state index contributed by atoms with van der Waals surface area (Å²) in [5, 5.41) is 0. The van der Waals surface area contributed by atoms with E-state index >= 15 is 0 Å². The van der Waals surface area contributed by atoms with E-state index in [4.69, 9.17) is 4.74 Å². The highest BCUT2D eigenvalue weighted by molar-refractivity contribution is 7.89. The van der Waals surface area contributed by atoms with Gasteiger partial charge in [-0.05, 0) is 56.0 Å². The van der Waals surface area contributed by atoms with Crippen molar-refractivity contribution in [3.8, 4) is 5.75 Å². The van der Waals surface area contributed by atoms with Crippen LogP contribution in [0.5, 0.6) is 5.75 Å². The minimum absolute atomic E-state index is 0.0984. The monoisotopic (exact) mass is 443 g/mol. The summed E-state index contributed by atoms with van der Waals surface area (Å²) in [6, 6.07) is 15.3. The smallest absolute Gasteiger partial charge is 0.321 e. The standard InChI is InChI=1S/C23H29N3O4S/c1-18-17-25(31(28,29)21-9-5-3-6-10-21)22(19-11-13-20(30-2)14-12-19)26(18)23(27)24-15-7-4-8-16-24/h3,5-6,9-14,18,22H,4,7-8,15-17H2,1-2H3. The molecule has 0 spiro atoms. The highest BCUT2D eigenvalue weighted by Crippen LogP contribution is 2.39. The number of amides is 2. The summed E-state index contributed by atoms with van der Waals surface area (Å²) in [6.07, 6.45) is 2.37. The zero-order valence-corrected chi connectivity index (χ0v) is 18.8. The molecule has 31 heavy (non-hydrogen) atoms. The number of piperidine rings is 1. The molecule has 2 heterocycles. The van der Waals surface area contributed by atoms with Gasteiger partial charge in [-0.25, -0.2) is 13.2 Å². The zero-order chi connectivity index (χ0) is 22.0. The highest BCUT2D eigenvalue weighted by Gasteiger charge is 2.48. The van der Waals surface area contributed by atoms with Gasteiger partial charge in [0, 0.05) is 25.7 Å². The Morgan fingerprint density at radius 2 is 1.61 bits per heavy atom. The van der Waals surface area contributed by atoms with Crippen molar-refractivity contribution in [3.05, 3.63) is 60.2 Å². The van der Waals surface area contributed by atoms with Gasteiger partial charge in [0.15, 0.2) is 0 Å². The number of carbonyl (C=O) groups excluding carboxylic acids is 1. The average molecular weight is 444 g/mol. The van der Waals surface area contributed by atoms with Crippen LogP contribution in [0.2, 0.25) is 0 Å². The molecule has 2 aliphatic heterocycles. The van der Waals surface area contributed by atoms with Crippen molar-refractivity contribution in [2.24, 2.45) is 0 Å². The Bertz CT molecular complexity index is 1000. The van der Waals surface area contributed by atoms with Crippen molar-refractivity contribution in [2.45, 2.75) is 43.3 Å². The van der Waals surface area contributed by atoms with Gasteiger partial charge in [0.2, 0.25) is 10.0 Å². The van der Waals surface area contributed by atoms with Gasteiger partial charge in [-0.3, -0.25) is 4.90 Å². The van der Waals surface area contributed by atoms with E-state index in [1.54, 1.807) is 54.5 Å². The van der Waals surface area contributed by atoms with Crippen LogP contribution in [-0.2, 0) is 10.0 Å². The van der Waals surface area contributed by atoms with Crippen molar-refractivity contribution in [1.82, 2.24) is 14.1 Å². The molecule has 2 saturated heterocycles. The number of carbonyl (C=O) groups is 1. The Kier molecular flexibility index (Phi) is 6.20. The zero-order valence-electron chi connectivity index (χ0n) is 18.0. The van der Waals surface area contributed by atoms with Crippen LogP contribution < -0.4 is 4.74 Å². The van der Waals surface area contributed by atoms with E-state index in [0.29, 0.717) is 18.8 Å². The molecule has 0 saturated carbocycles. The van der Waals surface area contributed by atoms with Gasteiger partial charge in [-0.2, -0.15) is 4.31 Å². The number of sulfonamides is 1. The lowest BCUT2D eigenvalue weighted by atomic mass is 10.1. The van der Waals surface area contributed by atoms with Crippen LogP contribution in [0.15, 0.2) is 59.5 Å². The summed E-state index contributed by atoms with van der Waals surface area (Å²) < 4.78 is 33.9. The molecule has 0 aliphatic carbocycles. The highest BCUT2D eigenvalue weighted by atomic mass is 32.2. The summed E-state index contributed by atoms with van der Waals surface area (Å²) >= 11 is 0. The third-order valence-electron chi connectivity index (χ3n) is 6.07. The van der Waals surface area contributed by atoms with E-state index < -0.39 is 16.2 Å². The Hall–Kier alpha value is -2.58. The first-order valence-corrected chi connectivity index (χ1v) is 12.2. The summed E-state index contributed by atoms with van der Waals surface area (Å²) in [4.78, 5) is 17.3. The number of rotatable bonds is 4. The van der Waals surface area contributed by atoms with Crippen molar-refractivity contribution in [3.63, 3.8) is 0 Å². The Morgan fingerprint density at radius 1 is 0.968 bits per heavy atom. The molecule has 0 bridgehead atoms. The third-order valence-corrected chi connectivity index (χ3v) is 7.90. The quantitative estimate of drug-likeness (QED) is 0.723. The van der Waals surface area contributed by atoms with Gasteiger partial charge < -0.3 is 9.64 Å². The first-order chi connectivity index (χ1) is 14.9. The lowest BCUT2D eigenvalue weighted by Crippen LogP contribution is -2.48. The number of likely N-dealkylation sites (tertiary alicyclic amines) is 1. The Morgan fingerprint density at radius 3 is 2.23 bits per heavy atom. The normalized spacial score (nSPS) is 22.5. The molecule has 2 amide bonds. The molecule has 0 aromatic heterocycles. The second-order valence-electron chi connectivity index (χ2n) is 8.12. The van der Waals surface area contributed by atoms with Crippen LogP contribution in [0.25, 0.3) is 0 Å². The van der Waals surface area contributed by atoms with Crippen molar-refractivity contribution < 1.29 is 17.9 Å². The fraction of sp³-hybridized carbons (Fsp3) is 0.435. The van der Waals surface area contributed by atoms with Crippen LogP contribution in [0.4, 0.5) is 4.79 Å². The average Bonchev–Trinajstić information content (AvgIpc) is 3.17. The van der Waals surface area contributed by atoms with Crippen LogP contribution in [0.1, 0.15) is 37.9 Å². The third kappa shape index (κ3) is 4.14. The van der Waals surface area contributed by atoms with Crippen LogP contribution in [0, 0.1) is 0 Å². The number of methoxy groups -OCH3 is 1. The van der Waals surface area contributed by atoms with E-state index in [2.05, 4.69) is 0 Å². The minimum Gasteiger partial charge on any atom is -0.497 e. The molecular weight excluding hydrogens is 414 g/mol. The van der Waals surface area contributed by atoms with Gasteiger partial charge in [-0.15, -0.1) is 0 Å². The van der Waals surface area contributed by atoms with Crippen molar-refractivity contribution in [2.75, 3.05) is 26.7 Å². The van der Waals surface area contributed by atoms with E-state index in [-0.39, 0.29) is 23.5 Å². The molecule has 2 atom stereocenters. The molecule has 2 aromatic carbocycles. The van der Waals surface area contributed by atoms with Crippen molar-refractivity contribution in [1.29, 1.82) is 0 Å². The fourth-order valence-corrected chi connectivity index (χ4v) is 6.10. The second-order valence-corrected chi connectivity index (χ2v) is 10.0. The van der Waals surface area contributed by atoms with E-state index in [1.165, 1.54) is 4.31 Å². The first-order valence-electron chi connectivity index (χ1n) is 10.7. The predicted octanol–water partition coefficient (Wildman–Crippen LogP) is 3.69. The first kappa shape index (κ1) is 21.6. The molecule has 7 nitrogen and oxygen atoms in total. The molecule has 0 radical (unpaired) electrons. The maximum atomic E-state index is 13.6. The van der Waals surface area contributed by atoms with Crippen LogP contribution in [-0.4, -0.2) is 61.3 Å². The maximum Gasteiger partial charge on any atom is 0.321 e.